The third-order valence-corrected chi connectivity index (χ3v) is 4.54. The number of amides is 2. The average Bonchev–Trinajstić information content (AvgIpc) is 3.24. The number of fused-ring (bicyclic) bond motifs is 1. The lowest BCUT2D eigenvalue weighted by molar-refractivity contribution is -0.236. The number of aromatic hydroxyl groups is 1. The van der Waals surface area contributed by atoms with Crippen LogP contribution in [0.2, 0.25) is 0 Å². The molecule has 156 valence electrons. The van der Waals surface area contributed by atoms with E-state index in [0.717, 1.165) is 22.5 Å². The molecular formula is C20H20N4O6. The van der Waals surface area contributed by atoms with Crippen molar-refractivity contribution in [2.45, 2.75) is 12.6 Å². The number of nitrogens with one attached hydrogen (secondary N) is 3. The molecule has 1 atom stereocenters. The van der Waals surface area contributed by atoms with E-state index in [4.69, 9.17) is 11.0 Å². The highest BCUT2D eigenvalue weighted by atomic mass is 17.1. The number of phenolic OH excluding ortho intramolecular Hbond substituents is 1. The summed E-state index contributed by atoms with van der Waals surface area (Å²) in [6.45, 7) is -0.0429. The summed E-state index contributed by atoms with van der Waals surface area (Å²) in [4.78, 5) is 42.6. The minimum absolute atomic E-state index is 0.149. The zero-order valence-electron chi connectivity index (χ0n) is 15.7. The van der Waals surface area contributed by atoms with Crippen LogP contribution in [0.1, 0.15) is 26.3 Å². The summed E-state index contributed by atoms with van der Waals surface area (Å²) >= 11 is 0. The molecule has 3 rings (SSSR count). The first kappa shape index (κ1) is 20.8. The van der Waals surface area contributed by atoms with Crippen LogP contribution in [0.15, 0.2) is 48.7 Å². The highest BCUT2D eigenvalue weighted by molar-refractivity contribution is 6.01. The third kappa shape index (κ3) is 4.40. The zero-order valence-corrected chi connectivity index (χ0v) is 15.7. The summed E-state index contributed by atoms with van der Waals surface area (Å²) in [5.74, 6) is -2.85. The van der Waals surface area contributed by atoms with Gasteiger partial charge in [0, 0.05) is 35.8 Å². The van der Waals surface area contributed by atoms with Crippen LogP contribution in [0, 0.1) is 0 Å². The van der Waals surface area contributed by atoms with Crippen molar-refractivity contribution in [1.29, 1.82) is 0 Å². The molecule has 0 spiro atoms. The Morgan fingerprint density at radius 1 is 1.13 bits per heavy atom. The first-order valence-electron chi connectivity index (χ1n) is 8.97. The molecule has 0 fully saturated rings. The van der Waals surface area contributed by atoms with Crippen LogP contribution in [-0.4, -0.2) is 45.7 Å². The Balaban J connectivity index is 1.68. The Hall–Kier alpha value is -3.89. The summed E-state index contributed by atoms with van der Waals surface area (Å²) in [7, 11) is 0. The number of phenols is 1. The SMILES string of the molecule is NCC(NC(=O)c1ccc(C(=O)NCc2cccc3[nH]ccc23)cc1O)C(=O)OO. The first-order chi connectivity index (χ1) is 14.4. The summed E-state index contributed by atoms with van der Waals surface area (Å²) in [6.07, 6.45) is 1.81. The molecule has 1 heterocycles. The fourth-order valence-electron chi connectivity index (χ4n) is 2.96. The average molecular weight is 412 g/mol. The van der Waals surface area contributed by atoms with E-state index < -0.39 is 29.6 Å². The van der Waals surface area contributed by atoms with Gasteiger partial charge in [-0.1, -0.05) is 12.1 Å². The van der Waals surface area contributed by atoms with Gasteiger partial charge in [0.25, 0.3) is 11.8 Å². The Bertz CT molecular complexity index is 1090. The van der Waals surface area contributed by atoms with Gasteiger partial charge in [0.2, 0.25) is 0 Å². The van der Waals surface area contributed by atoms with Gasteiger partial charge in [-0.05, 0) is 35.9 Å². The Labute approximate surface area is 170 Å². The van der Waals surface area contributed by atoms with Crippen molar-refractivity contribution in [3.63, 3.8) is 0 Å². The van der Waals surface area contributed by atoms with Crippen molar-refractivity contribution in [3.8, 4) is 5.75 Å². The number of aromatic amines is 1. The van der Waals surface area contributed by atoms with Gasteiger partial charge >= 0.3 is 5.97 Å². The molecule has 0 bridgehead atoms. The zero-order chi connectivity index (χ0) is 21.7. The molecule has 7 N–H and O–H groups in total. The van der Waals surface area contributed by atoms with Gasteiger partial charge in [-0.15, -0.1) is 0 Å². The molecular weight excluding hydrogens is 392 g/mol. The third-order valence-electron chi connectivity index (χ3n) is 4.54. The molecule has 10 heteroatoms. The molecule has 0 radical (unpaired) electrons. The van der Waals surface area contributed by atoms with Crippen molar-refractivity contribution in [2.24, 2.45) is 5.73 Å². The highest BCUT2D eigenvalue weighted by Gasteiger charge is 2.23. The van der Waals surface area contributed by atoms with E-state index in [1.165, 1.54) is 12.1 Å². The van der Waals surface area contributed by atoms with Crippen molar-refractivity contribution in [2.75, 3.05) is 6.54 Å². The van der Waals surface area contributed by atoms with Gasteiger partial charge in [0.05, 0.1) is 5.56 Å². The lowest BCUT2D eigenvalue weighted by Crippen LogP contribution is -2.46. The number of aromatic nitrogens is 1. The maximum absolute atomic E-state index is 12.4. The van der Waals surface area contributed by atoms with Crippen molar-refractivity contribution in [1.82, 2.24) is 15.6 Å². The van der Waals surface area contributed by atoms with Crippen LogP contribution in [0.5, 0.6) is 5.75 Å². The smallest absolute Gasteiger partial charge is 0.365 e. The van der Waals surface area contributed by atoms with Crippen LogP contribution >= 0.6 is 0 Å². The fraction of sp³-hybridized carbons (Fsp3) is 0.150. The topological polar surface area (TPSA) is 167 Å². The minimum Gasteiger partial charge on any atom is -0.507 e. The Kier molecular flexibility index (Phi) is 6.30. The number of H-pyrrole nitrogens is 1. The van der Waals surface area contributed by atoms with Crippen LogP contribution in [-0.2, 0) is 16.2 Å². The second kappa shape index (κ2) is 9.07. The van der Waals surface area contributed by atoms with Crippen molar-refractivity contribution >= 4 is 28.7 Å². The molecule has 0 aliphatic rings. The molecule has 1 aromatic heterocycles. The lowest BCUT2D eigenvalue weighted by atomic mass is 10.1. The van der Waals surface area contributed by atoms with Gasteiger partial charge in [-0.25, -0.2) is 4.79 Å². The van der Waals surface area contributed by atoms with Crippen LogP contribution in [0.4, 0.5) is 0 Å². The number of carbonyl (C=O) groups excluding carboxylic acids is 3. The van der Waals surface area contributed by atoms with Crippen LogP contribution < -0.4 is 16.4 Å². The molecule has 0 saturated carbocycles. The van der Waals surface area contributed by atoms with E-state index >= 15 is 0 Å². The van der Waals surface area contributed by atoms with E-state index in [-0.39, 0.29) is 24.2 Å². The van der Waals surface area contributed by atoms with Crippen molar-refractivity contribution < 1.29 is 29.6 Å². The molecule has 2 aromatic carbocycles. The predicted molar refractivity (Wildman–Crippen MR) is 107 cm³/mol. The molecule has 1 unspecified atom stereocenters. The van der Waals surface area contributed by atoms with Crippen molar-refractivity contribution in [3.05, 3.63) is 65.4 Å². The summed E-state index contributed by atoms with van der Waals surface area (Å²) in [6, 6.07) is 10.1. The Morgan fingerprint density at radius 2 is 1.93 bits per heavy atom. The number of hydrogen-bond acceptors (Lipinski definition) is 7. The van der Waals surface area contributed by atoms with Gasteiger partial charge < -0.3 is 26.5 Å². The molecule has 30 heavy (non-hydrogen) atoms. The maximum atomic E-state index is 12.4. The number of hydrogen-bond donors (Lipinski definition) is 6. The maximum Gasteiger partial charge on any atom is 0.365 e. The lowest BCUT2D eigenvalue weighted by Gasteiger charge is -2.14. The Morgan fingerprint density at radius 3 is 2.63 bits per heavy atom. The van der Waals surface area contributed by atoms with Crippen LogP contribution in [0.3, 0.4) is 0 Å². The predicted octanol–water partition coefficient (Wildman–Crippen LogP) is 0.877. The molecule has 0 aliphatic heterocycles. The summed E-state index contributed by atoms with van der Waals surface area (Å²) in [5, 5.41) is 24.5. The second-order valence-corrected chi connectivity index (χ2v) is 6.44. The van der Waals surface area contributed by atoms with E-state index in [2.05, 4.69) is 20.5 Å². The molecule has 0 saturated heterocycles. The monoisotopic (exact) mass is 412 g/mol. The van der Waals surface area contributed by atoms with Gasteiger partial charge in [0.1, 0.15) is 11.8 Å². The second-order valence-electron chi connectivity index (χ2n) is 6.44. The number of nitrogens with two attached hydrogens (primary N) is 1. The molecule has 2 amide bonds. The van der Waals surface area contributed by atoms with Gasteiger partial charge in [-0.2, -0.15) is 5.26 Å². The van der Waals surface area contributed by atoms with Gasteiger partial charge in [-0.3, -0.25) is 14.5 Å². The highest BCUT2D eigenvalue weighted by Crippen LogP contribution is 2.20. The van der Waals surface area contributed by atoms with E-state index in [9.17, 15) is 19.5 Å². The normalized spacial score (nSPS) is 11.7. The van der Waals surface area contributed by atoms with Crippen LogP contribution in [0.25, 0.3) is 10.9 Å². The number of carbonyl (C=O) groups is 3. The molecule has 3 aromatic rings. The largest absolute Gasteiger partial charge is 0.507 e. The standard InChI is InChI=1S/C20H20N4O6/c21-9-16(20(28)30-29)24-19(27)14-5-4-11(8-17(14)25)18(26)23-10-12-2-1-3-15-13(12)6-7-22-15/h1-8,16,22,25,29H,9-10,21H2,(H,23,26)(H,24,27). The van der Waals surface area contributed by atoms with E-state index in [0.29, 0.717) is 0 Å². The molecule has 10 nitrogen and oxygen atoms in total. The number of rotatable bonds is 7. The first-order valence-corrected chi connectivity index (χ1v) is 8.97. The van der Waals surface area contributed by atoms with Gasteiger partial charge in [0.15, 0.2) is 0 Å². The quantitative estimate of drug-likeness (QED) is 0.247. The van der Waals surface area contributed by atoms with E-state index in [1.807, 2.05) is 30.5 Å². The van der Waals surface area contributed by atoms with E-state index in [1.54, 1.807) is 0 Å². The number of benzene rings is 2. The molecule has 0 aliphatic carbocycles. The minimum atomic E-state index is -1.29. The summed E-state index contributed by atoms with van der Waals surface area (Å²) < 4.78 is 0. The fourth-order valence-corrected chi connectivity index (χ4v) is 2.96. The summed E-state index contributed by atoms with van der Waals surface area (Å²) in [5.41, 5.74) is 7.19.